The summed E-state index contributed by atoms with van der Waals surface area (Å²) >= 11 is 6.43. The molecule has 7 nitrogen and oxygen atoms in total. The van der Waals surface area contributed by atoms with Crippen molar-refractivity contribution in [2.75, 3.05) is 17.4 Å². The number of aryl methyl sites for hydroxylation is 1. The lowest BCUT2D eigenvalue weighted by Gasteiger charge is -2.33. The van der Waals surface area contributed by atoms with Crippen LogP contribution in [-0.4, -0.2) is 44.3 Å². The van der Waals surface area contributed by atoms with Gasteiger partial charge in [0.05, 0.1) is 15.6 Å². The average molecular weight is 556 g/mol. The van der Waals surface area contributed by atoms with Crippen molar-refractivity contribution in [3.05, 3.63) is 95.0 Å². The van der Waals surface area contributed by atoms with Crippen molar-refractivity contribution in [1.82, 2.24) is 10.2 Å². The lowest BCUT2D eigenvalue weighted by molar-refractivity contribution is -0.140. The maximum Gasteiger partial charge on any atom is 0.264 e. The number of anilines is 1. The highest BCUT2D eigenvalue weighted by Crippen LogP contribution is 2.30. The molecule has 9 heteroatoms. The molecule has 0 aliphatic carbocycles. The van der Waals surface area contributed by atoms with Crippen LogP contribution in [0.3, 0.4) is 0 Å². The molecule has 0 saturated carbocycles. The van der Waals surface area contributed by atoms with E-state index in [2.05, 4.69) is 5.32 Å². The van der Waals surface area contributed by atoms with Crippen molar-refractivity contribution in [2.24, 2.45) is 0 Å². The number of carbonyl (C=O) groups is 2. The maximum absolute atomic E-state index is 14.0. The lowest BCUT2D eigenvalue weighted by atomic mass is 10.1. The van der Waals surface area contributed by atoms with Crippen molar-refractivity contribution in [2.45, 2.75) is 51.1 Å². The van der Waals surface area contributed by atoms with Gasteiger partial charge in [-0.3, -0.25) is 13.9 Å². The second kappa shape index (κ2) is 13.4. The van der Waals surface area contributed by atoms with Gasteiger partial charge >= 0.3 is 0 Å². The fraction of sp³-hybridized carbons (Fsp3) is 0.310. The Hall–Kier alpha value is -3.36. The Morgan fingerprint density at radius 1 is 0.947 bits per heavy atom. The highest BCUT2D eigenvalue weighted by Gasteiger charge is 2.34. The quantitative estimate of drug-likeness (QED) is 0.334. The van der Waals surface area contributed by atoms with Crippen molar-refractivity contribution in [3.63, 3.8) is 0 Å². The summed E-state index contributed by atoms with van der Waals surface area (Å²) in [5.74, 6) is -0.782. The first-order valence-electron chi connectivity index (χ1n) is 12.6. The van der Waals surface area contributed by atoms with Crippen molar-refractivity contribution < 1.29 is 18.0 Å². The van der Waals surface area contributed by atoms with Crippen molar-refractivity contribution in [3.8, 4) is 0 Å². The summed E-state index contributed by atoms with van der Waals surface area (Å²) in [5, 5.41) is 3.07. The molecule has 2 amide bonds. The predicted molar refractivity (Wildman–Crippen MR) is 152 cm³/mol. The molecule has 0 aromatic heterocycles. The monoisotopic (exact) mass is 555 g/mol. The summed E-state index contributed by atoms with van der Waals surface area (Å²) in [5.41, 5.74) is 2.04. The molecule has 0 spiro atoms. The van der Waals surface area contributed by atoms with Gasteiger partial charge in [-0.15, -0.1) is 0 Å². The molecule has 3 aromatic carbocycles. The van der Waals surface area contributed by atoms with E-state index in [0.717, 1.165) is 21.9 Å². The fourth-order valence-corrected chi connectivity index (χ4v) is 5.92. The van der Waals surface area contributed by atoms with Gasteiger partial charge in [-0.05, 0) is 49.6 Å². The maximum atomic E-state index is 14.0. The van der Waals surface area contributed by atoms with Crippen LogP contribution in [0.2, 0.25) is 5.02 Å². The Kier molecular flexibility index (Phi) is 10.3. The van der Waals surface area contributed by atoms with Gasteiger partial charge in [0.15, 0.2) is 0 Å². The van der Waals surface area contributed by atoms with E-state index in [9.17, 15) is 18.0 Å². The molecule has 0 aliphatic heterocycles. The van der Waals surface area contributed by atoms with E-state index in [-0.39, 0.29) is 28.1 Å². The van der Waals surface area contributed by atoms with E-state index in [1.165, 1.54) is 17.0 Å². The number of amides is 2. The third-order valence-corrected chi connectivity index (χ3v) is 8.20. The minimum Gasteiger partial charge on any atom is -0.354 e. The highest BCUT2D eigenvalue weighted by atomic mass is 35.5. The first-order chi connectivity index (χ1) is 18.2. The van der Waals surface area contributed by atoms with Crippen LogP contribution >= 0.6 is 11.6 Å². The molecule has 0 heterocycles. The van der Waals surface area contributed by atoms with Crippen molar-refractivity contribution >= 4 is 39.1 Å². The number of nitrogens with one attached hydrogen (secondary N) is 1. The smallest absolute Gasteiger partial charge is 0.264 e. The molecule has 38 heavy (non-hydrogen) atoms. The van der Waals surface area contributed by atoms with Gasteiger partial charge in [0.2, 0.25) is 11.8 Å². The fourth-order valence-electron chi connectivity index (χ4n) is 4.18. The molecule has 0 radical (unpaired) electrons. The number of rotatable bonds is 12. The Morgan fingerprint density at radius 2 is 1.63 bits per heavy atom. The molecule has 1 N–H and O–H groups in total. The Labute approximate surface area is 230 Å². The standard InChI is InChI=1S/C29H34ClN3O4S/c1-4-18-31-29(35)26(5-2)32(20-23-13-11-12-22(3)19-23)28(34)21-33(27-17-10-9-16-25(27)30)38(36,37)24-14-7-6-8-15-24/h6-17,19,26H,4-5,18,20-21H2,1-3H3,(H,31,35)/t26-/m0/s1. The Morgan fingerprint density at radius 3 is 2.26 bits per heavy atom. The first kappa shape index (κ1) is 29.2. The van der Waals surface area contributed by atoms with Gasteiger partial charge < -0.3 is 10.2 Å². The second-order valence-corrected chi connectivity index (χ2v) is 11.3. The summed E-state index contributed by atoms with van der Waals surface area (Å²) in [6, 6.07) is 21.3. The van der Waals surface area contributed by atoms with Gasteiger partial charge in [-0.25, -0.2) is 8.42 Å². The number of para-hydroxylation sites is 1. The summed E-state index contributed by atoms with van der Waals surface area (Å²) in [7, 11) is -4.15. The zero-order valence-corrected chi connectivity index (χ0v) is 23.5. The number of hydrogen-bond donors (Lipinski definition) is 1. The topological polar surface area (TPSA) is 86.8 Å². The molecule has 0 saturated heterocycles. The number of carbonyl (C=O) groups excluding carboxylic acids is 2. The zero-order chi connectivity index (χ0) is 27.7. The number of halogens is 1. The third-order valence-electron chi connectivity index (χ3n) is 6.10. The van der Waals surface area contributed by atoms with Crippen LogP contribution in [0.4, 0.5) is 5.69 Å². The van der Waals surface area contributed by atoms with Crippen LogP contribution in [0.25, 0.3) is 0 Å². The molecule has 0 bridgehead atoms. The molecule has 0 unspecified atom stereocenters. The first-order valence-corrected chi connectivity index (χ1v) is 14.5. The van der Waals surface area contributed by atoms with Gasteiger partial charge in [0.25, 0.3) is 10.0 Å². The summed E-state index contributed by atoms with van der Waals surface area (Å²) < 4.78 is 28.6. The summed E-state index contributed by atoms with van der Waals surface area (Å²) in [6.45, 7) is 5.85. The Bertz CT molecular complexity index is 1350. The number of hydrogen-bond acceptors (Lipinski definition) is 4. The SMILES string of the molecule is CCCNC(=O)[C@H](CC)N(Cc1cccc(C)c1)C(=O)CN(c1ccccc1Cl)S(=O)(=O)c1ccccc1. The van der Waals surface area contributed by atoms with Gasteiger partial charge in [0, 0.05) is 13.1 Å². The molecule has 0 fully saturated rings. The van der Waals surface area contributed by atoms with E-state index < -0.39 is 28.5 Å². The van der Waals surface area contributed by atoms with E-state index in [1.807, 2.05) is 45.0 Å². The predicted octanol–water partition coefficient (Wildman–Crippen LogP) is 5.18. The van der Waals surface area contributed by atoms with Crippen LogP contribution < -0.4 is 9.62 Å². The molecular weight excluding hydrogens is 522 g/mol. The second-order valence-electron chi connectivity index (χ2n) is 9.00. The van der Waals surface area contributed by atoms with E-state index in [1.54, 1.807) is 42.5 Å². The molecule has 3 aromatic rings. The van der Waals surface area contributed by atoms with Crippen LogP contribution in [-0.2, 0) is 26.2 Å². The normalized spacial score (nSPS) is 12.0. The zero-order valence-electron chi connectivity index (χ0n) is 21.9. The summed E-state index contributed by atoms with van der Waals surface area (Å²) in [4.78, 5) is 28.6. The minimum atomic E-state index is -4.15. The molecule has 202 valence electrons. The van der Waals surface area contributed by atoms with E-state index in [4.69, 9.17) is 11.6 Å². The third kappa shape index (κ3) is 7.14. The van der Waals surface area contributed by atoms with E-state index in [0.29, 0.717) is 13.0 Å². The van der Waals surface area contributed by atoms with Gasteiger partial charge in [0.1, 0.15) is 12.6 Å². The van der Waals surface area contributed by atoms with E-state index >= 15 is 0 Å². The van der Waals surface area contributed by atoms with Gasteiger partial charge in [-0.1, -0.05) is 85.6 Å². The highest BCUT2D eigenvalue weighted by molar-refractivity contribution is 7.92. The molecule has 1 atom stereocenters. The number of sulfonamides is 1. The number of nitrogens with zero attached hydrogens (tertiary/aromatic N) is 2. The van der Waals surface area contributed by atoms with Crippen LogP contribution in [0.1, 0.15) is 37.8 Å². The molecule has 0 aliphatic rings. The van der Waals surface area contributed by atoms with Crippen LogP contribution in [0.5, 0.6) is 0 Å². The number of benzene rings is 3. The molecular formula is C29H34ClN3O4S. The minimum absolute atomic E-state index is 0.0330. The van der Waals surface area contributed by atoms with Gasteiger partial charge in [-0.2, -0.15) is 0 Å². The Balaban J connectivity index is 2.05. The lowest BCUT2D eigenvalue weighted by Crippen LogP contribution is -2.52. The van der Waals surface area contributed by atoms with Crippen LogP contribution in [0.15, 0.2) is 83.8 Å². The largest absolute Gasteiger partial charge is 0.354 e. The van der Waals surface area contributed by atoms with Crippen LogP contribution in [0, 0.1) is 6.92 Å². The summed E-state index contributed by atoms with van der Waals surface area (Å²) in [6.07, 6.45) is 1.12. The van der Waals surface area contributed by atoms with Crippen molar-refractivity contribution in [1.29, 1.82) is 0 Å². The average Bonchev–Trinajstić information content (AvgIpc) is 2.91. The molecule has 3 rings (SSSR count).